The van der Waals surface area contributed by atoms with Crippen LogP contribution in [0, 0.1) is 0 Å². The number of hydrogen-bond donors (Lipinski definition) is 2. The minimum atomic E-state index is -0.784. The van der Waals surface area contributed by atoms with E-state index in [1.165, 1.54) is 0 Å². The Morgan fingerprint density at radius 2 is 2.08 bits per heavy atom. The third-order valence-corrected chi connectivity index (χ3v) is 2.34. The third kappa shape index (κ3) is 2.44. The highest BCUT2D eigenvalue weighted by molar-refractivity contribution is 4.82. The van der Waals surface area contributed by atoms with Gasteiger partial charge in [0.1, 0.15) is 0 Å². The molecule has 0 aliphatic carbocycles. The predicted molar refractivity (Wildman–Crippen MR) is 45.9 cm³/mol. The molecule has 0 spiro atoms. The number of aliphatic hydroxyl groups is 2. The van der Waals surface area contributed by atoms with Gasteiger partial charge in [-0.1, -0.05) is 0 Å². The zero-order valence-corrected chi connectivity index (χ0v) is 7.79. The zero-order valence-electron chi connectivity index (χ0n) is 7.79. The molecule has 0 radical (unpaired) electrons. The molecular weight excluding hydrogens is 156 g/mol. The van der Waals surface area contributed by atoms with Gasteiger partial charge in [0, 0.05) is 0 Å². The van der Waals surface area contributed by atoms with Gasteiger partial charge in [-0.25, -0.2) is 0 Å². The van der Waals surface area contributed by atoms with Crippen molar-refractivity contribution in [1.29, 1.82) is 0 Å². The van der Waals surface area contributed by atoms with Gasteiger partial charge >= 0.3 is 0 Å². The smallest absolute Gasteiger partial charge is 0.0861 e. The fourth-order valence-electron chi connectivity index (χ4n) is 1.55. The molecule has 3 nitrogen and oxygen atoms in total. The molecule has 1 saturated heterocycles. The van der Waals surface area contributed by atoms with E-state index in [-0.39, 0.29) is 18.8 Å². The van der Waals surface area contributed by atoms with Gasteiger partial charge in [-0.2, -0.15) is 0 Å². The lowest BCUT2D eigenvalue weighted by molar-refractivity contribution is -0.150. The molecule has 1 heterocycles. The number of rotatable bonds is 2. The van der Waals surface area contributed by atoms with E-state index in [4.69, 9.17) is 9.84 Å². The third-order valence-electron chi connectivity index (χ3n) is 2.34. The Bertz CT molecular complexity index is 139. The first-order valence-electron chi connectivity index (χ1n) is 4.52. The Labute approximate surface area is 73.4 Å². The van der Waals surface area contributed by atoms with Crippen molar-refractivity contribution in [3.8, 4) is 0 Å². The molecular formula is C9H18O3. The first-order chi connectivity index (χ1) is 5.54. The van der Waals surface area contributed by atoms with Crippen molar-refractivity contribution in [2.24, 2.45) is 0 Å². The van der Waals surface area contributed by atoms with Gasteiger partial charge in [0.15, 0.2) is 0 Å². The minimum absolute atomic E-state index is 0.0621. The van der Waals surface area contributed by atoms with Crippen molar-refractivity contribution >= 4 is 0 Å². The van der Waals surface area contributed by atoms with E-state index < -0.39 is 5.60 Å². The lowest BCUT2D eigenvalue weighted by Gasteiger charge is -2.36. The van der Waals surface area contributed by atoms with Gasteiger partial charge in [-0.3, -0.25) is 0 Å². The summed E-state index contributed by atoms with van der Waals surface area (Å²) in [5.41, 5.74) is -0.784. The van der Waals surface area contributed by atoms with Gasteiger partial charge in [0.05, 0.1) is 24.4 Å². The SMILES string of the molecule is CC(C)(O)[C@H]1CCC[C@H](CO)O1. The molecule has 0 saturated carbocycles. The number of aliphatic hydroxyl groups excluding tert-OH is 1. The highest BCUT2D eigenvalue weighted by Gasteiger charge is 2.32. The van der Waals surface area contributed by atoms with Crippen molar-refractivity contribution in [3.05, 3.63) is 0 Å². The fraction of sp³-hybridized carbons (Fsp3) is 1.00. The van der Waals surface area contributed by atoms with Crippen LogP contribution in [0.1, 0.15) is 33.1 Å². The van der Waals surface area contributed by atoms with Crippen molar-refractivity contribution in [3.63, 3.8) is 0 Å². The maximum atomic E-state index is 9.65. The summed E-state index contributed by atoms with van der Waals surface area (Å²) >= 11 is 0. The molecule has 2 N–H and O–H groups in total. The molecule has 0 aromatic heterocycles. The number of ether oxygens (including phenoxy) is 1. The summed E-state index contributed by atoms with van der Waals surface area (Å²) in [7, 11) is 0. The summed E-state index contributed by atoms with van der Waals surface area (Å²) in [5.74, 6) is 0. The largest absolute Gasteiger partial charge is 0.394 e. The van der Waals surface area contributed by atoms with Gasteiger partial charge in [0.2, 0.25) is 0 Å². The second-order valence-corrected chi connectivity index (χ2v) is 4.01. The van der Waals surface area contributed by atoms with E-state index in [0.29, 0.717) is 0 Å². The zero-order chi connectivity index (χ0) is 9.19. The summed E-state index contributed by atoms with van der Waals surface area (Å²) in [5, 5.41) is 18.5. The molecule has 0 unspecified atom stereocenters. The second kappa shape index (κ2) is 3.73. The van der Waals surface area contributed by atoms with E-state index in [1.54, 1.807) is 13.8 Å². The van der Waals surface area contributed by atoms with Crippen LogP contribution in [0.3, 0.4) is 0 Å². The summed E-state index contributed by atoms with van der Waals surface area (Å²) in [6.07, 6.45) is 2.63. The molecule has 12 heavy (non-hydrogen) atoms. The summed E-state index contributed by atoms with van der Waals surface area (Å²) in [4.78, 5) is 0. The lowest BCUT2D eigenvalue weighted by Crippen LogP contribution is -2.44. The predicted octanol–water partition coefficient (Wildman–Crippen LogP) is 0.687. The normalized spacial score (nSPS) is 32.0. The van der Waals surface area contributed by atoms with E-state index in [1.807, 2.05) is 0 Å². The highest BCUT2D eigenvalue weighted by Crippen LogP contribution is 2.26. The Morgan fingerprint density at radius 3 is 2.58 bits per heavy atom. The summed E-state index contributed by atoms with van der Waals surface area (Å²) in [6.45, 7) is 3.56. The Morgan fingerprint density at radius 1 is 1.42 bits per heavy atom. The first-order valence-corrected chi connectivity index (χ1v) is 4.52. The van der Waals surface area contributed by atoms with Crippen LogP contribution in [-0.4, -0.2) is 34.6 Å². The minimum Gasteiger partial charge on any atom is -0.394 e. The van der Waals surface area contributed by atoms with E-state index >= 15 is 0 Å². The molecule has 3 heteroatoms. The topological polar surface area (TPSA) is 49.7 Å². The van der Waals surface area contributed by atoms with E-state index in [2.05, 4.69) is 0 Å². The van der Waals surface area contributed by atoms with Gasteiger partial charge in [-0.05, 0) is 33.1 Å². The van der Waals surface area contributed by atoms with Gasteiger partial charge in [0.25, 0.3) is 0 Å². The van der Waals surface area contributed by atoms with Crippen LogP contribution in [0.15, 0.2) is 0 Å². The molecule has 1 fully saturated rings. The molecule has 72 valence electrons. The Hall–Kier alpha value is -0.120. The summed E-state index contributed by atoms with van der Waals surface area (Å²) in [6, 6.07) is 0. The quantitative estimate of drug-likeness (QED) is 0.647. The average molecular weight is 174 g/mol. The molecule has 0 amide bonds. The van der Waals surface area contributed by atoms with Crippen LogP contribution in [0.4, 0.5) is 0 Å². The second-order valence-electron chi connectivity index (χ2n) is 4.01. The van der Waals surface area contributed by atoms with Gasteiger partial charge < -0.3 is 14.9 Å². The Balaban J connectivity index is 2.46. The Kier molecular flexibility index (Phi) is 3.09. The monoisotopic (exact) mass is 174 g/mol. The van der Waals surface area contributed by atoms with Crippen LogP contribution < -0.4 is 0 Å². The molecule has 1 rings (SSSR count). The fourth-order valence-corrected chi connectivity index (χ4v) is 1.55. The van der Waals surface area contributed by atoms with Crippen LogP contribution in [-0.2, 0) is 4.74 Å². The van der Waals surface area contributed by atoms with Gasteiger partial charge in [-0.15, -0.1) is 0 Å². The number of hydrogen-bond acceptors (Lipinski definition) is 3. The molecule has 1 aliphatic heterocycles. The average Bonchev–Trinajstić information content (AvgIpc) is 2.03. The van der Waals surface area contributed by atoms with Crippen LogP contribution >= 0.6 is 0 Å². The van der Waals surface area contributed by atoms with E-state index in [9.17, 15) is 5.11 Å². The molecule has 1 aliphatic rings. The molecule has 0 aromatic carbocycles. The van der Waals surface area contributed by atoms with E-state index in [0.717, 1.165) is 19.3 Å². The standard InChI is InChI=1S/C9H18O3/c1-9(2,11)8-5-3-4-7(6-10)12-8/h7-8,10-11H,3-6H2,1-2H3/t7-,8-/m1/s1. The molecule has 0 bridgehead atoms. The highest BCUT2D eigenvalue weighted by atomic mass is 16.5. The maximum Gasteiger partial charge on any atom is 0.0861 e. The molecule has 0 aromatic rings. The van der Waals surface area contributed by atoms with Crippen molar-refractivity contribution < 1.29 is 14.9 Å². The van der Waals surface area contributed by atoms with Crippen LogP contribution in [0.5, 0.6) is 0 Å². The maximum absolute atomic E-state index is 9.65. The van der Waals surface area contributed by atoms with Crippen molar-refractivity contribution in [2.75, 3.05) is 6.61 Å². The first kappa shape index (κ1) is 9.96. The van der Waals surface area contributed by atoms with Crippen molar-refractivity contribution in [2.45, 2.75) is 50.9 Å². The van der Waals surface area contributed by atoms with Crippen LogP contribution in [0.2, 0.25) is 0 Å². The lowest BCUT2D eigenvalue weighted by atomic mass is 9.93. The summed E-state index contributed by atoms with van der Waals surface area (Å²) < 4.78 is 5.50. The molecule has 2 atom stereocenters. The van der Waals surface area contributed by atoms with Crippen molar-refractivity contribution in [1.82, 2.24) is 0 Å². The van der Waals surface area contributed by atoms with Crippen LogP contribution in [0.25, 0.3) is 0 Å².